The van der Waals surface area contributed by atoms with Crippen LogP contribution in [0, 0.1) is 26.7 Å². The number of nitrogens with zero attached hydrogens (tertiary/aromatic N) is 3. The number of benzene rings is 1. The summed E-state index contributed by atoms with van der Waals surface area (Å²) in [5.74, 6) is 1.22. The highest BCUT2D eigenvalue weighted by atomic mass is 16.1. The van der Waals surface area contributed by atoms with Crippen LogP contribution in [0.5, 0.6) is 0 Å². The molecule has 0 aliphatic carbocycles. The minimum absolute atomic E-state index is 0.192. The molecule has 0 atom stereocenters. The minimum atomic E-state index is -0.192. The van der Waals surface area contributed by atoms with Gasteiger partial charge in [0.2, 0.25) is 5.95 Å². The first-order valence-electron chi connectivity index (χ1n) is 8.91. The number of nitrogens with one attached hydrogen (secondary N) is 1. The highest BCUT2D eigenvalue weighted by Crippen LogP contribution is 2.21. The van der Waals surface area contributed by atoms with Gasteiger partial charge in [-0.1, -0.05) is 13.0 Å². The topological polar surface area (TPSA) is 58.1 Å². The van der Waals surface area contributed by atoms with Gasteiger partial charge in [0.15, 0.2) is 0 Å². The van der Waals surface area contributed by atoms with E-state index in [9.17, 15) is 4.79 Å². The van der Waals surface area contributed by atoms with Gasteiger partial charge in [0.1, 0.15) is 5.69 Å². The molecule has 1 amide bonds. The van der Waals surface area contributed by atoms with Crippen LogP contribution in [-0.2, 0) is 0 Å². The summed E-state index contributed by atoms with van der Waals surface area (Å²) in [6, 6.07) is 7.76. The lowest BCUT2D eigenvalue weighted by Gasteiger charge is -2.30. The summed E-state index contributed by atoms with van der Waals surface area (Å²) in [6.45, 7) is 10.1. The Morgan fingerprint density at radius 1 is 1.04 bits per heavy atom. The summed E-state index contributed by atoms with van der Waals surface area (Å²) in [7, 11) is 0. The van der Waals surface area contributed by atoms with Gasteiger partial charge in [0.25, 0.3) is 5.91 Å². The molecule has 25 heavy (non-hydrogen) atoms. The van der Waals surface area contributed by atoms with Crippen LogP contribution in [0.15, 0.2) is 24.3 Å². The molecule has 2 aromatic rings. The molecule has 5 heteroatoms. The number of aryl methyl sites for hydroxylation is 3. The Hall–Kier alpha value is -2.43. The smallest absolute Gasteiger partial charge is 0.274 e. The molecular formula is C20H26N4O. The summed E-state index contributed by atoms with van der Waals surface area (Å²) in [4.78, 5) is 23.9. The molecule has 0 saturated carbocycles. The second-order valence-electron chi connectivity index (χ2n) is 7.19. The Balaban J connectivity index is 1.80. The lowest BCUT2D eigenvalue weighted by molar-refractivity contribution is 0.102. The van der Waals surface area contributed by atoms with E-state index in [1.807, 2.05) is 32.9 Å². The first-order valence-corrected chi connectivity index (χ1v) is 8.91. The van der Waals surface area contributed by atoms with E-state index in [0.29, 0.717) is 11.6 Å². The first kappa shape index (κ1) is 17.4. The van der Waals surface area contributed by atoms with Gasteiger partial charge in [0, 0.05) is 24.5 Å². The monoisotopic (exact) mass is 338 g/mol. The van der Waals surface area contributed by atoms with Gasteiger partial charge in [-0.3, -0.25) is 4.79 Å². The third-order valence-electron chi connectivity index (χ3n) is 4.62. The second kappa shape index (κ2) is 7.21. The molecule has 5 nitrogen and oxygen atoms in total. The van der Waals surface area contributed by atoms with Gasteiger partial charge in [-0.2, -0.15) is 0 Å². The van der Waals surface area contributed by atoms with Crippen LogP contribution in [0.3, 0.4) is 0 Å². The molecule has 1 aromatic carbocycles. The van der Waals surface area contributed by atoms with Gasteiger partial charge in [-0.25, -0.2) is 9.97 Å². The number of aromatic nitrogens is 2. The maximum absolute atomic E-state index is 12.7. The number of hydrogen-bond acceptors (Lipinski definition) is 4. The molecule has 1 fully saturated rings. The van der Waals surface area contributed by atoms with Crippen LogP contribution >= 0.6 is 0 Å². The van der Waals surface area contributed by atoms with E-state index in [1.165, 1.54) is 0 Å². The van der Waals surface area contributed by atoms with Gasteiger partial charge in [0.05, 0.1) is 0 Å². The van der Waals surface area contributed by atoms with E-state index in [0.717, 1.165) is 54.4 Å². The fraction of sp³-hybridized carbons (Fsp3) is 0.450. The molecule has 0 radical (unpaired) electrons. The quantitative estimate of drug-likeness (QED) is 0.922. The zero-order valence-electron chi connectivity index (χ0n) is 15.5. The average Bonchev–Trinajstić information content (AvgIpc) is 2.54. The van der Waals surface area contributed by atoms with E-state index in [-0.39, 0.29) is 5.91 Å². The second-order valence-corrected chi connectivity index (χ2v) is 7.19. The van der Waals surface area contributed by atoms with Gasteiger partial charge in [-0.15, -0.1) is 0 Å². The summed E-state index contributed by atoms with van der Waals surface area (Å²) >= 11 is 0. The normalized spacial score (nSPS) is 15.3. The predicted molar refractivity (Wildman–Crippen MR) is 101 cm³/mol. The Kier molecular flexibility index (Phi) is 5.02. The lowest BCUT2D eigenvalue weighted by atomic mass is 10.00. The van der Waals surface area contributed by atoms with Crippen molar-refractivity contribution in [2.75, 3.05) is 23.3 Å². The van der Waals surface area contributed by atoms with E-state index >= 15 is 0 Å². The van der Waals surface area contributed by atoms with Crippen molar-refractivity contribution in [3.8, 4) is 0 Å². The van der Waals surface area contributed by atoms with Crippen LogP contribution in [0.1, 0.15) is 47.1 Å². The summed E-state index contributed by atoms with van der Waals surface area (Å²) in [5, 5.41) is 2.96. The molecule has 1 saturated heterocycles. The average molecular weight is 338 g/mol. The van der Waals surface area contributed by atoms with Gasteiger partial charge in [-0.05, 0) is 68.9 Å². The first-order chi connectivity index (χ1) is 11.9. The van der Waals surface area contributed by atoms with E-state index in [2.05, 4.69) is 33.2 Å². The maximum Gasteiger partial charge on any atom is 0.274 e. The van der Waals surface area contributed by atoms with Crippen LogP contribution in [0.25, 0.3) is 0 Å². The summed E-state index contributed by atoms with van der Waals surface area (Å²) in [5.41, 5.74) is 4.27. The largest absolute Gasteiger partial charge is 0.341 e. The lowest BCUT2D eigenvalue weighted by Crippen LogP contribution is -2.34. The maximum atomic E-state index is 12.7. The highest BCUT2D eigenvalue weighted by molar-refractivity contribution is 6.03. The number of rotatable bonds is 3. The zero-order valence-corrected chi connectivity index (χ0v) is 15.5. The Labute approximate surface area is 149 Å². The number of carbonyl (C=O) groups is 1. The molecule has 1 N–H and O–H groups in total. The molecule has 1 aromatic heterocycles. The Morgan fingerprint density at radius 2 is 1.68 bits per heavy atom. The summed E-state index contributed by atoms with van der Waals surface area (Å²) < 4.78 is 0. The molecule has 3 rings (SSSR count). The van der Waals surface area contributed by atoms with Crippen LogP contribution in [0.2, 0.25) is 0 Å². The number of hydrogen-bond donors (Lipinski definition) is 1. The fourth-order valence-electron chi connectivity index (χ4n) is 3.26. The van der Waals surface area contributed by atoms with E-state index in [4.69, 9.17) is 0 Å². The molecule has 0 bridgehead atoms. The number of carbonyl (C=O) groups excluding carboxylic acids is 1. The van der Waals surface area contributed by atoms with Crippen molar-refractivity contribution < 1.29 is 4.79 Å². The van der Waals surface area contributed by atoms with Crippen molar-refractivity contribution in [1.82, 2.24) is 9.97 Å². The van der Waals surface area contributed by atoms with Crippen molar-refractivity contribution in [2.45, 2.75) is 40.5 Å². The van der Waals surface area contributed by atoms with Crippen molar-refractivity contribution >= 4 is 17.5 Å². The minimum Gasteiger partial charge on any atom is -0.341 e. The highest BCUT2D eigenvalue weighted by Gasteiger charge is 2.20. The third kappa shape index (κ3) is 4.35. The fourth-order valence-corrected chi connectivity index (χ4v) is 3.26. The zero-order chi connectivity index (χ0) is 18.0. The van der Waals surface area contributed by atoms with Gasteiger partial charge < -0.3 is 10.2 Å². The standard InChI is InChI=1S/C20H26N4O/c1-13-5-7-24(8-6-13)20-21-16(4)12-18(23-20)19(25)22-17-10-14(2)9-15(3)11-17/h9-13H,5-8H2,1-4H3,(H,22,25). The molecule has 2 heterocycles. The number of anilines is 2. The summed E-state index contributed by atoms with van der Waals surface area (Å²) in [6.07, 6.45) is 2.28. The Morgan fingerprint density at radius 3 is 2.32 bits per heavy atom. The number of amides is 1. The van der Waals surface area contributed by atoms with E-state index < -0.39 is 0 Å². The Bertz CT molecular complexity index is 759. The molecule has 1 aliphatic heterocycles. The van der Waals surface area contributed by atoms with Crippen molar-refractivity contribution in [1.29, 1.82) is 0 Å². The predicted octanol–water partition coefficient (Wildman–Crippen LogP) is 3.89. The molecule has 0 spiro atoms. The number of piperidine rings is 1. The van der Waals surface area contributed by atoms with Gasteiger partial charge >= 0.3 is 0 Å². The van der Waals surface area contributed by atoms with Crippen LogP contribution in [-0.4, -0.2) is 29.0 Å². The van der Waals surface area contributed by atoms with Crippen molar-refractivity contribution in [3.63, 3.8) is 0 Å². The molecule has 1 aliphatic rings. The van der Waals surface area contributed by atoms with Crippen LogP contribution in [0.4, 0.5) is 11.6 Å². The van der Waals surface area contributed by atoms with E-state index in [1.54, 1.807) is 6.07 Å². The van der Waals surface area contributed by atoms with Crippen molar-refractivity contribution in [3.05, 3.63) is 46.8 Å². The van der Waals surface area contributed by atoms with Crippen LogP contribution < -0.4 is 10.2 Å². The molecule has 132 valence electrons. The molecule has 0 unspecified atom stereocenters. The van der Waals surface area contributed by atoms with Crippen molar-refractivity contribution in [2.24, 2.45) is 5.92 Å². The molecular weight excluding hydrogens is 312 g/mol. The SMILES string of the molecule is Cc1cc(C)cc(NC(=O)c2cc(C)nc(N3CCC(C)CC3)n2)c1. The third-order valence-corrected chi connectivity index (χ3v) is 4.62.